The Morgan fingerprint density at radius 3 is 2.83 bits per heavy atom. The van der Waals surface area contributed by atoms with Gasteiger partial charge in [-0.1, -0.05) is 24.9 Å². The molecule has 0 aliphatic carbocycles. The van der Waals surface area contributed by atoms with Crippen LogP contribution in [0.1, 0.15) is 30.1 Å². The molecule has 0 bridgehead atoms. The molecular formula is C14H16ClNO2. The zero-order chi connectivity index (χ0) is 13.1. The number of aldehydes is 1. The summed E-state index contributed by atoms with van der Waals surface area (Å²) in [5.74, 6) is 0.731. The van der Waals surface area contributed by atoms with Gasteiger partial charge in [0.05, 0.1) is 18.2 Å². The number of nitrogens with zero attached hydrogens (tertiary/aromatic N) is 1. The van der Waals surface area contributed by atoms with Crippen molar-refractivity contribution in [2.45, 2.75) is 26.3 Å². The van der Waals surface area contributed by atoms with Crippen molar-refractivity contribution >= 4 is 28.8 Å². The second-order valence-corrected chi connectivity index (χ2v) is 4.57. The Morgan fingerprint density at radius 2 is 2.22 bits per heavy atom. The fourth-order valence-electron chi connectivity index (χ4n) is 2.10. The largest absolute Gasteiger partial charge is 0.497 e. The van der Waals surface area contributed by atoms with Crippen molar-refractivity contribution in [1.82, 2.24) is 4.57 Å². The highest BCUT2D eigenvalue weighted by Gasteiger charge is 2.15. The van der Waals surface area contributed by atoms with Crippen LogP contribution in [0.2, 0.25) is 5.15 Å². The number of halogens is 1. The van der Waals surface area contributed by atoms with E-state index in [9.17, 15) is 4.79 Å². The number of rotatable bonds is 5. The molecule has 2 aromatic rings. The number of carbonyl (C=O) groups excluding carboxylic acids is 1. The highest BCUT2D eigenvalue weighted by Crippen LogP contribution is 2.31. The predicted octanol–water partition coefficient (Wildman–Crippen LogP) is 3.92. The maximum absolute atomic E-state index is 11.2. The molecule has 0 unspecified atom stereocenters. The van der Waals surface area contributed by atoms with Gasteiger partial charge in [-0.25, -0.2) is 0 Å². The first-order valence-corrected chi connectivity index (χ1v) is 6.41. The van der Waals surface area contributed by atoms with Gasteiger partial charge in [0.2, 0.25) is 0 Å². The van der Waals surface area contributed by atoms with Crippen LogP contribution in [0.25, 0.3) is 10.9 Å². The normalized spacial score (nSPS) is 10.8. The number of unbranched alkanes of at least 4 members (excludes halogenated alkanes) is 1. The van der Waals surface area contributed by atoms with Gasteiger partial charge in [-0.3, -0.25) is 4.79 Å². The third kappa shape index (κ3) is 2.10. The lowest BCUT2D eigenvalue weighted by atomic mass is 10.2. The van der Waals surface area contributed by atoms with E-state index >= 15 is 0 Å². The first-order valence-electron chi connectivity index (χ1n) is 6.03. The quantitative estimate of drug-likeness (QED) is 0.768. The molecule has 0 saturated carbocycles. The molecule has 4 heteroatoms. The summed E-state index contributed by atoms with van der Waals surface area (Å²) in [4.78, 5) is 11.2. The second kappa shape index (κ2) is 5.44. The van der Waals surface area contributed by atoms with Gasteiger partial charge < -0.3 is 9.30 Å². The molecule has 0 N–H and O–H groups in total. The Morgan fingerprint density at radius 1 is 1.44 bits per heavy atom. The molecule has 1 aromatic heterocycles. The van der Waals surface area contributed by atoms with Crippen LogP contribution in [0.15, 0.2) is 18.2 Å². The number of aromatic nitrogens is 1. The molecule has 0 spiro atoms. The minimum absolute atomic E-state index is 0.515. The van der Waals surface area contributed by atoms with E-state index in [-0.39, 0.29) is 0 Å². The van der Waals surface area contributed by atoms with Crippen molar-refractivity contribution in [1.29, 1.82) is 0 Å². The van der Waals surface area contributed by atoms with Crippen LogP contribution in [-0.4, -0.2) is 18.0 Å². The predicted molar refractivity (Wildman–Crippen MR) is 73.8 cm³/mol. The van der Waals surface area contributed by atoms with Gasteiger partial charge in [0.1, 0.15) is 10.9 Å². The van der Waals surface area contributed by atoms with Crippen LogP contribution in [0.3, 0.4) is 0 Å². The summed E-state index contributed by atoms with van der Waals surface area (Å²) >= 11 is 6.27. The van der Waals surface area contributed by atoms with E-state index in [0.717, 1.165) is 42.3 Å². The zero-order valence-corrected chi connectivity index (χ0v) is 11.3. The van der Waals surface area contributed by atoms with E-state index in [2.05, 4.69) is 6.92 Å². The summed E-state index contributed by atoms with van der Waals surface area (Å²) in [6.45, 7) is 2.95. The van der Waals surface area contributed by atoms with E-state index in [4.69, 9.17) is 16.3 Å². The van der Waals surface area contributed by atoms with Crippen LogP contribution < -0.4 is 4.74 Å². The fourth-order valence-corrected chi connectivity index (χ4v) is 2.42. The summed E-state index contributed by atoms with van der Waals surface area (Å²) in [6, 6.07) is 5.69. The van der Waals surface area contributed by atoms with Gasteiger partial charge in [0.25, 0.3) is 0 Å². The monoisotopic (exact) mass is 265 g/mol. The third-order valence-corrected chi connectivity index (χ3v) is 3.50. The Kier molecular flexibility index (Phi) is 3.92. The Bertz CT molecular complexity index is 575. The van der Waals surface area contributed by atoms with Crippen LogP contribution >= 0.6 is 11.6 Å². The van der Waals surface area contributed by atoms with E-state index < -0.39 is 0 Å². The molecule has 0 atom stereocenters. The third-order valence-electron chi connectivity index (χ3n) is 3.10. The summed E-state index contributed by atoms with van der Waals surface area (Å²) in [6.07, 6.45) is 2.93. The number of ether oxygens (including phenoxy) is 1. The molecule has 0 saturated heterocycles. The van der Waals surface area contributed by atoms with Gasteiger partial charge in [-0.05, 0) is 24.6 Å². The molecule has 3 nitrogen and oxygen atoms in total. The Labute approximate surface area is 111 Å². The molecule has 96 valence electrons. The van der Waals surface area contributed by atoms with E-state index in [1.165, 1.54) is 0 Å². The van der Waals surface area contributed by atoms with Gasteiger partial charge in [0.15, 0.2) is 6.29 Å². The maximum atomic E-state index is 11.2. The highest BCUT2D eigenvalue weighted by molar-refractivity contribution is 6.34. The highest BCUT2D eigenvalue weighted by atomic mass is 35.5. The molecule has 0 fully saturated rings. The first kappa shape index (κ1) is 13.0. The SMILES string of the molecule is CCCCn1c(Cl)c(C=O)c2cc(OC)ccc21. The van der Waals surface area contributed by atoms with Gasteiger partial charge in [-0.2, -0.15) is 0 Å². The number of hydrogen-bond donors (Lipinski definition) is 0. The number of fused-ring (bicyclic) bond motifs is 1. The molecule has 0 radical (unpaired) electrons. The maximum Gasteiger partial charge on any atom is 0.153 e. The van der Waals surface area contributed by atoms with Gasteiger partial charge in [0, 0.05) is 11.9 Å². The minimum Gasteiger partial charge on any atom is -0.497 e. The number of aryl methyl sites for hydroxylation is 1. The molecule has 18 heavy (non-hydrogen) atoms. The summed E-state index contributed by atoms with van der Waals surface area (Å²) in [5, 5.41) is 1.37. The van der Waals surface area contributed by atoms with Crippen LogP contribution in [0, 0.1) is 0 Å². The molecule has 0 aliphatic rings. The Hall–Kier alpha value is -1.48. The smallest absolute Gasteiger partial charge is 0.153 e. The van der Waals surface area contributed by atoms with E-state index in [0.29, 0.717) is 10.7 Å². The summed E-state index contributed by atoms with van der Waals surface area (Å²) < 4.78 is 7.17. The van der Waals surface area contributed by atoms with Crippen LogP contribution in [-0.2, 0) is 6.54 Å². The topological polar surface area (TPSA) is 31.2 Å². The van der Waals surface area contributed by atoms with Crippen molar-refractivity contribution in [2.24, 2.45) is 0 Å². The lowest BCUT2D eigenvalue weighted by Gasteiger charge is -2.06. The average molecular weight is 266 g/mol. The van der Waals surface area contributed by atoms with Crippen LogP contribution in [0.4, 0.5) is 0 Å². The molecule has 1 aromatic carbocycles. The number of hydrogen-bond acceptors (Lipinski definition) is 2. The molecule has 0 aliphatic heterocycles. The van der Waals surface area contributed by atoms with E-state index in [1.54, 1.807) is 7.11 Å². The summed E-state index contributed by atoms with van der Waals surface area (Å²) in [7, 11) is 1.61. The number of carbonyl (C=O) groups is 1. The first-order chi connectivity index (χ1) is 8.72. The van der Waals surface area contributed by atoms with Crippen molar-refractivity contribution in [2.75, 3.05) is 7.11 Å². The van der Waals surface area contributed by atoms with Gasteiger partial charge in [-0.15, -0.1) is 0 Å². The zero-order valence-electron chi connectivity index (χ0n) is 10.6. The summed E-state index contributed by atoms with van der Waals surface area (Å²) in [5.41, 5.74) is 1.53. The second-order valence-electron chi connectivity index (χ2n) is 4.21. The fraction of sp³-hybridized carbons (Fsp3) is 0.357. The minimum atomic E-state index is 0.515. The lowest BCUT2D eigenvalue weighted by molar-refractivity contribution is 0.112. The molecule has 2 rings (SSSR count). The van der Waals surface area contributed by atoms with Crippen molar-refractivity contribution in [3.05, 3.63) is 28.9 Å². The standard InChI is InChI=1S/C14H16ClNO2/c1-3-4-7-16-13-6-5-10(18-2)8-11(13)12(9-17)14(16)15/h5-6,8-9H,3-4,7H2,1-2H3. The Balaban J connectivity index is 2.63. The van der Waals surface area contributed by atoms with Crippen molar-refractivity contribution in [3.8, 4) is 5.75 Å². The van der Waals surface area contributed by atoms with Crippen molar-refractivity contribution < 1.29 is 9.53 Å². The molecule has 0 amide bonds. The van der Waals surface area contributed by atoms with E-state index in [1.807, 2.05) is 22.8 Å². The molecular weight excluding hydrogens is 250 g/mol. The molecule has 1 heterocycles. The number of benzene rings is 1. The lowest BCUT2D eigenvalue weighted by Crippen LogP contribution is -1.97. The average Bonchev–Trinajstić information content (AvgIpc) is 2.66. The van der Waals surface area contributed by atoms with Gasteiger partial charge >= 0.3 is 0 Å². The van der Waals surface area contributed by atoms with Crippen molar-refractivity contribution in [3.63, 3.8) is 0 Å². The van der Waals surface area contributed by atoms with Crippen LogP contribution in [0.5, 0.6) is 5.75 Å². The number of methoxy groups -OCH3 is 1.